The number of allylic oxidation sites excluding steroid dienone is 1. The Labute approximate surface area is 176 Å². The molecule has 0 aliphatic heterocycles. The lowest BCUT2D eigenvalue weighted by Gasteiger charge is -2.30. The molecule has 4 nitrogen and oxygen atoms in total. The van der Waals surface area contributed by atoms with Crippen LogP contribution in [-0.4, -0.2) is 27.3 Å². The third-order valence-electron chi connectivity index (χ3n) is 4.64. The quantitative estimate of drug-likeness (QED) is 0.400. The number of nitrogens with zero attached hydrogens (tertiary/aromatic N) is 2. The summed E-state index contributed by atoms with van der Waals surface area (Å²) in [5, 5.41) is 0. The Morgan fingerprint density at radius 3 is 2.34 bits per heavy atom. The number of carbonyl (C=O) groups excluding carboxylic acids is 1. The number of H-pyrrole nitrogens is 1. The number of aromatic nitrogens is 2. The van der Waals surface area contributed by atoms with Crippen molar-refractivity contribution in [1.82, 2.24) is 14.9 Å². The molecule has 2 aromatic rings. The van der Waals surface area contributed by atoms with Gasteiger partial charge in [0.1, 0.15) is 0 Å². The summed E-state index contributed by atoms with van der Waals surface area (Å²) >= 11 is 0. The molecule has 1 aromatic heterocycles. The van der Waals surface area contributed by atoms with Gasteiger partial charge < -0.3 is 9.88 Å². The van der Waals surface area contributed by atoms with Crippen molar-refractivity contribution < 1.29 is 4.79 Å². The highest BCUT2D eigenvalue weighted by molar-refractivity contribution is 5.80. The number of amides is 1. The first-order valence-corrected chi connectivity index (χ1v) is 10.2. The van der Waals surface area contributed by atoms with E-state index in [1.165, 1.54) is 18.4 Å². The Balaban J connectivity index is 0.000000960. The van der Waals surface area contributed by atoms with Crippen LogP contribution in [0, 0.1) is 6.92 Å². The lowest BCUT2D eigenvalue weighted by molar-refractivity contribution is -0.132. The number of hydrogen-bond acceptors (Lipinski definition) is 2. The van der Waals surface area contributed by atoms with Crippen molar-refractivity contribution in [2.75, 3.05) is 6.54 Å². The minimum absolute atomic E-state index is 0.00916. The van der Waals surface area contributed by atoms with Gasteiger partial charge in [0.2, 0.25) is 5.91 Å². The normalized spacial score (nSPS) is 11.0. The summed E-state index contributed by atoms with van der Waals surface area (Å²) in [6.45, 7) is 18.5. The van der Waals surface area contributed by atoms with Gasteiger partial charge in [0.15, 0.2) is 0 Å². The van der Waals surface area contributed by atoms with E-state index in [1.807, 2.05) is 42.2 Å². The number of hydrogen-bond donors (Lipinski definition) is 1. The van der Waals surface area contributed by atoms with Crippen LogP contribution in [-0.2, 0) is 11.2 Å². The van der Waals surface area contributed by atoms with Crippen molar-refractivity contribution in [3.8, 4) is 0 Å². The van der Waals surface area contributed by atoms with E-state index in [1.54, 1.807) is 18.6 Å². The first kappa shape index (κ1) is 24.2. The SMILES string of the molecule is C=CC(=C)CC(=O)N(CCc1cnc[nH]1)C(C=C)c1ccc(C)cc1.CCCC. The smallest absolute Gasteiger partial charge is 0.227 e. The van der Waals surface area contributed by atoms with Crippen LogP contribution >= 0.6 is 0 Å². The second-order valence-corrected chi connectivity index (χ2v) is 7.04. The lowest BCUT2D eigenvalue weighted by Crippen LogP contribution is -2.36. The maximum absolute atomic E-state index is 12.9. The molecule has 0 fully saturated rings. The number of aromatic amines is 1. The van der Waals surface area contributed by atoms with E-state index in [-0.39, 0.29) is 18.4 Å². The van der Waals surface area contributed by atoms with Gasteiger partial charge in [-0.3, -0.25) is 4.79 Å². The van der Waals surface area contributed by atoms with E-state index in [0.717, 1.165) is 11.3 Å². The van der Waals surface area contributed by atoms with Crippen molar-refractivity contribution in [1.29, 1.82) is 0 Å². The summed E-state index contributed by atoms with van der Waals surface area (Å²) < 4.78 is 0. The van der Waals surface area contributed by atoms with Crippen LogP contribution in [0.2, 0.25) is 0 Å². The topological polar surface area (TPSA) is 49.0 Å². The highest BCUT2D eigenvalue weighted by Crippen LogP contribution is 2.24. The van der Waals surface area contributed by atoms with Gasteiger partial charge in [0, 0.05) is 24.9 Å². The predicted octanol–water partition coefficient (Wildman–Crippen LogP) is 5.96. The fraction of sp³-hybridized carbons (Fsp3) is 0.360. The Bertz CT molecular complexity index is 758. The fourth-order valence-corrected chi connectivity index (χ4v) is 2.66. The lowest BCUT2D eigenvalue weighted by atomic mass is 10.0. The number of unbranched alkanes of at least 4 members (excludes halogenated alkanes) is 1. The molecule has 0 aliphatic carbocycles. The first-order chi connectivity index (χ1) is 14.0. The second-order valence-electron chi connectivity index (χ2n) is 7.04. The van der Waals surface area contributed by atoms with Crippen molar-refractivity contribution in [2.24, 2.45) is 0 Å². The van der Waals surface area contributed by atoms with Crippen LogP contribution in [0.5, 0.6) is 0 Å². The summed E-state index contributed by atoms with van der Waals surface area (Å²) in [7, 11) is 0. The number of benzene rings is 1. The van der Waals surface area contributed by atoms with Gasteiger partial charge in [0.25, 0.3) is 0 Å². The summed E-state index contributed by atoms with van der Waals surface area (Å²) in [4.78, 5) is 21.8. The molecule has 0 bridgehead atoms. The maximum Gasteiger partial charge on any atom is 0.227 e. The van der Waals surface area contributed by atoms with Gasteiger partial charge in [-0.25, -0.2) is 4.98 Å². The average molecular weight is 394 g/mol. The molecule has 1 unspecified atom stereocenters. The van der Waals surface area contributed by atoms with E-state index < -0.39 is 0 Å². The van der Waals surface area contributed by atoms with Crippen molar-refractivity contribution in [2.45, 2.75) is 52.5 Å². The van der Waals surface area contributed by atoms with Crippen molar-refractivity contribution in [3.05, 3.63) is 91.1 Å². The number of aryl methyl sites for hydroxylation is 1. The van der Waals surface area contributed by atoms with E-state index in [0.29, 0.717) is 18.5 Å². The molecule has 1 heterocycles. The highest BCUT2D eigenvalue weighted by atomic mass is 16.2. The molecule has 156 valence electrons. The van der Waals surface area contributed by atoms with Crippen LogP contribution < -0.4 is 0 Å². The standard InChI is InChI=1S/C21H25N3O.C4H10/c1-5-16(3)13-21(25)24(12-11-19-14-22-15-23-19)20(6-2)18-9-7-17(4)8-10-18;1-3-4-2/h5-10,14-15,20H,1-3,11-13H2,4H3,(H,22,23);3-4H2,1-2H3. The van der Waals surface area contributed by atoms with Gasteiger partial charge in [-0.1, -0.05) is 81.8 Å². The highest BCUT2D eigenvalue weighted by Gasteiger charge is 2.23. The van der Waals surface area contributed by atoms with Gasteiger partial charge in [-0.15, -0.1) is 6.58 Å². The zero-order chi connectivity index (χ0) is 21.6. The minimum Gasteiger partial charge on any atom is -0.348 e. The molecule has 2 rings (SSSR count). The molecule has 4 heteroatoms. The van der Waals surface area contributed by atoms with Crippen LogP contribution in [0.1, 0.15) is 56.0 Å². The van der Waals surface area contributed by atoms with Crippen LogP contribution in [0.3, 0.4) is 0 Å². The van der Waals surface area contributed by atoms with E-state index in [2.05, 4.69) is 43.6 Å². The number of imidazole rings is 1. The molecule has 1 atom stereocenters. The number of carbonyl (C=O) groups is 1. The summed E-state index contributed by atoms with van der Waals surface area (Å²) in [6, 6.07) is 7.99. The molecule has 1 aromatic carbocycles. The molecule has 0 saturated carbocycles. The van der Waals surface area contributed by atoms with Crippen molar-refractivity contribution in [3.63, 3.8) is 0 Å². The maximum atomic E-state index is 12.9. The van der Waals surface area contributed by atoms with Crippen LogP contribution in [0.25, 0.3) is 0 Å². The van der Waals surface area contributed by atoms with E-state index >= 15 is 0 Å². The molecule has 0 radical (unpaired) electrons. The number of nitrogens with one attached hydrogen (secondary N) is 1. The van der Waals surface area contributed by atoms with Crippen LogP contribution in [0.15, 0.2) is 74.3 Å². The molecule has 1 amide bonds. The number of rotatable bonds is 10. The molecule has 29 heavy (non-hydrogen) atoms. The first-order valence-electron chi connectivity index (χ1n) is 10.2. The average Bonchev–Trinajstić information content (AvgIpc) is 3.25. The Morgan fingerprint density at radius 2 is 1.86 bits per heavy atom. The Kier molecular flexibility index (Phi) is 11.1. The Morgan fingerprint density at radius 1 is 1.21 bits per heavy atom. The minimum atomic E-state index is -0.186. The largest absolute Gasteiger partial charge is 0.348 e. The molecule has 0 spiro atoms. The molecule has 0 saturated heterocycles. The zero-order valence-electron chi connectivity index (χ0n) is 18.2. The van der Waals surface area contributed by atoms with Crippen molar-refractivity contribution >= 4 is 5.91 Å². The molecular formula is C25H35N3O. The zero-order valence-corrected chi connectivity index (χ0v) is 18.2. The van der Waals surface area contributed by atoms with Gasteiger partial charge >= 0.3 is 0 Å². The Hall–Kier alpha value is -2.88. The summed E-state index contributed by atoms with van der Waals surface area (Å²) in [6.07, 6.45) is 10.4. The van der Waals surface area contributed by atoms with E-state index in [4.69, 9.17) is 0 Å². The molecule has 0 aliphatic rings. The van der Waals surface area contributed by atoms with Gasteiger partial charge in [0.05, 0.1) is 18.8 Å². The fourth-order valence-electron chi connectivity index (χ4n) is 2.66. The van der Waals surface area contributed by atoms with Gasteiger partial charge in [-0.2, -0.15) is 0 Å². The third kappa shape index (κ3) is 8.34. The van der Waals surface area contributed by atoms with Gasteiger partial charge in [-0.05, 0) is 18.1 Å². The van der Waals surface area contributed by atoms with E-state index in [9.17, 15) is 4.79 Å². The van der Waals surface area contributed by atoms with Crippen LogP contribution in [0.4, 0.5) is 0 Å². The summed E-state index contributed by atoms with van der Waals surface area (Å²) in [5.74, 6) is 0.00916. The third-order valence-corrected chi connectivity index (χ3v) is 4.64. The molecule has 1 N–H and O–H groups in total. The molecular weight excluding hydrogens is 358 g/mol. The second kappa shape index (κ2) is 13.3. The summed E-state index contributed by atoms with van der Waals surface area (Å²) in [5.41, 5.74) is 3.93. The monoisotopic (exact) mass is 393 g/mol. The predicted molar refractivity (Wildman–Crippen MR) is 123 cm³/mol.